The Morgan fingerprint density at radius 1 is 1.19 bits per heavy atom. The van der Waals surface area contributed by atoms with Crippen molar-refractivity contribution in [3.63, 3.8) is 0 Å². The van der Waals surface area contributed by atoms with Gasteiger partial charge in [-0.15, -0.1) is 0 Å². The molecule has 0 bridgehead atoms. The number of hydrogen-bond donors (Lipinski definition) is 0. The normalized spacial score (nSPS) is 13.5. The number of carbonyl (C=O) groups is 1. The minimum atomic E-state index is -0.263. The molecule has 3 heterocycles. The van der Waals surface area contributed by atoms with E-state index in [1.165, 1.54) is 27.7 Å². The molecule has 1 aliphatic heterocycles. The standard InChI is InChI=1S/C25H23ClN4O3S3/c1-15-13-16(9-10-17(15)26)29-22-21(36-25(29)34)23(32)30(18-7-3-4-8-19(18)33-2)24(27-22)35-14-20(31)28-11-5-6-12-28/h3-4,7-10,13H,5-6,11-12,14H2,1-2H3. The van der Waals surface area contributed by atoms with Gasteiger partial charge in [0, 0.05) is 23.8 Å². The number of fused-ring (bicyclic) bond motifs is 1. The summed E-state index contributed by atoms with van der Waals surface area (Å²) in [5.74, 6) is 0.747. The Labute approximate surface area is 226 Å². The van der Waals surface area contributed by atoms with Gasteiger partial charge in [-0.3, -0.25) is 18.7 Å². The Kier molecular flexibility index (Phi) is 7.21. The predicted octanol–water partition coefficient (Wildman–Crippen LogP) is 5.65. The maximum atomic E-state index is 13.9. The Balaban J connectivity index is 1.70. The summed E-state index contributed by atoms with van der Waals surface area (Å²) in [6, 6.07) is 12.8. The van der Waals surface area contributed by atoms with Crippen LogP contribution in [-0.2, 0) is 4.79 Å². The van der Waals surface area contributed by atoms with Crippen LogP contribution < -0.4 is 10.3 Å². The SMILES string of the molecule is COc1ccccc1-n1c(SCC(=O)N2CCCC2)nc2c(sc(=S)n2-c2ccc(Cl)c(C)c2)c1=O. The Hall–Kier alpha value is -2.66. The molecule has 1 amide bonds. The van der Waals surface area contributed by atoms with E-state index >= 15 is 0 Å². The van der Waals surface area contributed by atoms with Gasteiger partial charge in [0.2, 0.25) is 5.91 Å². The highest BCUT2D eigenvalue weighted by Crippen LogP contribution is 2.31. The minimum Gasteiger partial charge on any atom is -0.495 e. The molecule has 1 fully saturated rings. The molecule has 0 aliphatic carbocycles. The van der Waals surface area contributed by atoms with Crippen LogP contribution in [0, 0.1) is 10.9 Å². The first-order valence-electron chi connectivity index (χ1n) is 11.4. The molecule has 1 saturated heterocycles. The molecule has 0 radical (unpaired) electrons. The van der Waals surface area contributed by atoms with Gasteiger partial charge in [-0.1, -0.05) is 46.8 Å². The molecule has 11 heteroatoms. The molecule has 186 valence electrons. The van der Waals surface area contributed by atoms with Gasteiger partial charge in [-0.05, 0) is 67.9 Å². The van der Waals surface area contributed by atoms with Crippen LogP contribution in [0.15, 0.2) is 52.4 Å². The van der Waals surface area contributed by atoms with Gasteiger partial charge in [0.05, 0.1) is 18.6 Å². The van der Waals surface area contributed by atoms with E-state index in [2.05, 4.69) is 0 Å². The summed E-state index contributed by atoms with van der Waals surface area (Å²) in [5.41, 5.74) is 2.42. The van der Waals surface area contributed by atoms with Crippen LogP contribution in [0.1, 0.15) is 18.4 Å². The highest BCUT2D eigenvalue weighted by molar-refractivity contribution is 7.99. The number of amides is 1. The van der Waals surface area contributed by atoms with E-state index in [0.717, 1.165) is 37.2 Å². The molecule has 0 saturated carbocycles. The number of thioether (sulfide) groups is 1. The largest absolute Gasteiger partial charge is 0.495 e. The molecule has 36 heavy (non-hydrogen) atoms. The van der Waals surface area contributed by atoms with Crippen molar-refractivity contribution >= 4 is 63.2 Å². The number of para-hydroxylation sites is 2. The fourth-order valence-electron chi connectivity index (χ4n) is 4.24. The van der Waals surface area contributed by atoms with Gasteiger partial charge in [-0.2, -0.15) is 0 Å². The number of aryl methyl sites for hydroxylation is 1. The lowest BCUT2D eigenvalue weighted by Crippen LogP contribution is -2.29. The topological polar surface area (TPSA) is 69.4 Å². The van der Waals surface area contributed by atoms with Crippen molar-refractivity contribution in [3.05, 3.63) is 67.4 Å². The van der Waals surface area contributed by atoms with Crippen molar-refractivity contribution in [2.75, 3.05) is 26.0 Å². The van der Waals surface area contributed by atoms with E-state index in [1.807, 2.05) is 36.1 Å². The predicted molar refractivity (Wildman–Crippen MR) is 148 cm³/mol. The zero-order valence-electron chi connectivity index (χ0n) is 19.7. The highest BCUT2D eigenvalue weighted by Gasteiger charge is 2.23. The van der Waals surface area contributed by atoms with Crippen LogP contribution in [0.25, 0.3) is 21.7 Å². The molecular formula is C25H23ClN4O3S3. The van der Waals surface area contributed by atoms with Crippen molar-refractivity contribution in [1.82, 2.24) is 19.0 Å². The molecule has 0 spiro atoms. The summed E-state index contributed by atoms with van der Waals surface area (Å²) >= 11 is 14.4. The number of halogens is 1. The molecule has 4 aromatic rings. The van der Waals surface area contributed by atoms with Gasteiger partial charge in [0.1, 0.15) is 10.4 Å². The summed E-state index contributed by atoms with van der Waals surface area (Å²) in [6.45, 7) is 3.45. The van der Waals surface area contributed by atoms with Crippen molar-refractivity contribution in [3.8, 4) is 17.1 Å². The lowest BCUT2D eigenvalue weighted by Gasteiger charge is -2.17. The van der Waals surface area contributed by atoms with Crippen LogP contribution in [0.2, 0.25) is 5.02 Å². The number of ether oxygens (including phenoxy) is 1. The van der Waals surface area contributed by atoms with Crippen molar-refractivity contribution in [2.24, 2.45) is 0 Å². The van der Waals surface area contributed by atoms with Crippen LogP contribution in [0.5, 0.6) is 5.75 Å². The molecular weight excluding hydrogens is 536 g/mol. The molecule has 2 aromatic carbocycles. The van der Waals surface area contributed by atoms with E-state index in [1.54, 1.807) is 29.9 Å². The third-order valence-electron chi connectivity index (χ3n) is 6.09. The zero-order chi connectivity index (χ0) is 25.4. The molecule has 2 aromatic heterocycles. The average Bonchev–Trinajstić information content (AvgIpc) is 3.53. The molecule has 1 aliphatic rings. The van der Waals surface area contributed by atoms with Gasteiger partial charge in [0.15, 0.2) is 14.8 Å². The van der Waals surface area contributed by atoms with Crippen LogP contribution in [0.4, 0.5) is 0 Å². The second kappa shape index (κ2) is 10.4. The Bertz CT molecular complexity index is 1590. The fraction of sp³-hybridized carbons (Fsp3) is 0.280. The summed E-state index contributed by atoms with van der Waals surface area (Å²) < 4.78 is 9.78. The van der Waals surface area contributed by atoms with E-state index in [4.69, 9.17) is 33.5 Å². The first kappa shape index (κ1) is 25.0. The quantitative estimate of drug-likeness (QED) is 0.173. The van der Waals surface area contributed by atoms with E-state index in [9.17, 15) is 9.59 Å². The summed E-state index contributed by atoms with van der Waals surface area (Å²) in [5, 5.41) is 1.05. The van der Waals surface area contributed by atoms with Gasteiger partial charge < -0.3 is 9.64 Å². The van der Waals surface area contributed by atoms with Crippen LogP contribution in [-0.4, -0.2) is 50.9 Å². The molecule has 7 nitrogen and oxygen atoms in total. The number of methoxy groups -OCH3 is 1. The number of hydrogen-bond acceptors (Lipinski definition) is 7. The number of benzene rings is 2. The van der Waals surface area contributed by atoms with E-state index in [-0.39, 0.29) is 17.2 Å². The average molecular weight is 559 g/mol. The van der Waals surface area contributed by atoms with E-state index < -0.39 is 0 Å². The number of thiazole rings is 1. The van der Waals surface area contributed by atoms with Gasteiger partial charge >= 0.3 is 0 Å². The molecule has 5 rings (SSSR count). The minimum absolute atomic E-state index is 0.0360. The lowest BCUT2D eigenvalue weighted by atomic mass is 10.2. The zero-order valence-corrected chi connectivity index (χ0v) is 22.9. The van der Waals surface area contributed by atoms with Crippen molar-refractivity contribution < 1.29 is 9.53 Å². The van der Waals surface area contributed by atoms with E-state index in [0.29, 0.717) is 35.9 Å². The monoisotopic (exact) mass is 558 g/mol. The third kappa shape index (κ3) is 4.58. The maximum absolute atomic E-state index is 13.9. The van der Waals surface area contributed by atoms with Crippen molar-refractivity contribution in [2.45, 2.75) is 24.9 Å². The number of nitrogens with zero attached hydrogens (tertiary/aromatic N) is 4. The first-order valence-corrected chi connectivity index (χ1v) is 14.0. The van der Waals surface area contributed by atoms with Crippen LogP contribution >= 0.6 is 46.9 Å². The number of aromatic nitrogens is 3. The summed E-state index contributed by atoms with van der Waals surface area (Å²) in [7, 11) is 1.56. The second-order valence-corrected chi connectivity index (χ2v) is 11.4. The van der Waals surface area contributed by atoms with Crippen molar-refractivity contribution in [1.29, 1.82) is 0 Å². The third-order valence-corrected chi connectivity index (χ3v) is 8.78. The first-order chi connectivity index (χ1) is 17.4. The maximum Gasteiger partial charge on any atom is 0.278 e. The summed E-state index contributed by atoms with van der Waals surface area (Å²) in [6.07, 6.45) is 2.03. The number of likely N-dealkylation sites (tertiary alicyclic amines) is 1. The van der Waals surface area contributed by atoms with Crippen LogP contribution in [0.3, 0.4) is 0 Å². The second-order valence-electron chi connectivity index (χ2n) is 8.37. The Morgan fingerprint density at radius 2 is 1.94 bits per heavy atom. The number of carbonyl (C=O) groups excluding carboxylic acids is 1. The Morgan fingerprint density at radius 3 is 2.67 bits per heavy atom. The fourth-order valence-corrected chi connectivity index (χ4v) is 6.56. The summed E-state index contributed by atoms with van der Waals surface area (Å²) in [4.78, 5) is 33.5. The molecule has 0 atom stereocenters. The smallest absolute Gasteiger partial charge is 0.278 e. The van der Waals surface area contributed by atoms with Gasteiger partial charge in [-0.25, -0.2) is 4.98 Å². The number of rotatable bonds is 6. The molecule has 0 unspecified atom stereocenters. The van der Waals surface area contributed by atoms with Gasteiger partial charge in [0.25, 0.3) is 5.56 Å². The molecule has 0 N–H and O–H groups in total. The lowest BCUT2D eigenvalue weighted by molar-refractivity contribution is -0.127. The highest BCUT2D eigenvalue weighted by atomic mass is 35.5.